The van der Waals surface area contributed by atoms with E-state index in [0.29, 0.717) is 17.5 Å². The fourth-order valence-corrected chi connectivity index (χ4v) is 2.74. The highest BCUT2D eigenvalue weighted by Gasteiger charge is 2.32. The number of hydrogen-bond donors (Lipinski definition) is 0. The number of fused-ring (bicyclic) bond motifs is 1. The van der Waals surface area contributed by atoms with Crippen LogP contribution in [0.25, 0.3) is 11.0 Å². The first-order valence-corrected chi connectivity index (χ1v) is 7.80. The van der Waals surface area contributed by atoms with Crippen LogP contribution in [0.3, 0.4) is 0 Å². The Labute approximate surface area is 129 Å². The van der Waals surface area contributed by atoms with E-state index in [0.717, 1.165) is 24.9 Å². The maximum Gasteiger partial charge on any atom is 0.269 e. The van der Waals surface area contributed by atoms with Crippen molar-refractivity contribution in [2.24, 2.45) is 5.92 Å². The maximum absolute atomic E-state index is 12.7. The van der Waals surface area contributed by atoms with Gasteiger partial charge in [0, 0.05) is 12.6 Å². The summed E-state index contributed by atoms with van der Waals surface area (Å²) in [6.07, 6.45) is 3.44. The van der Waals surface area contributed by atoms with Gasteiger partial charge in [0.2, 0.25) is 5.91 Å². The topological polar surface area (TPSA) is 55.2 Å². The van der Waals surface area contributed by atoms with Crippen LogP contribution in [0, 0.1) is 5.92 Å². The summed E-state index contributed by atoms with van der Waals surface area (Å²) in [5.74, 6) is 0.449. The molecule has 1 amide bonds. The van der Waals surface area contributed by atoms with E-state index in [1.807, 2.05) is 29.2 Å². The molecule has 0 N–H and O–H groups in total. The summed E-state index contributed by atoms with van der Waals surface area (Å²) in [4.78, 5) is 30.9. The van der Waals surface area contributed by atoms with Crippen molar-refractivity contribution in [3.05, 3.63) is 40.8 Å². The lowest BCUT2D eigenvalue weighted by Crippen LogP contribution is -2.40. The van der Waals surface area contributed by atoms with Gasteiger partial charge < -0.3 is 4.90 Å². The highest BCUT2D eigenvalue weighted by Crippen LogP contribution is 2.28. The van der Waals surface area contributed by atoms with Crippen LogP contribution in [0.2, 0.25) is 0 Å². The molecule has 22 heavy (non-hydrogen) atoms. The maximum atomic E-state index is 12.7. The van der Waals surface area contributed by atoms with E-state index in [9.17, 15) is 9.59 Å². The minimum atomic E-state index is -0.229. The first-order chi connectivity index (χ1) is 10.6. The van der Waals surface area contributed by atoms with Crippen LogP contribution in [0.5, 0.6) is 0 Å². The molecule has 0 radical (unpaired) electrons. The van der Waals surface area contributed by atoms with E-state index in [1.165, 1.54) is 10.8 Å². The molecule has 2 aromatic rings. The highest BCUT2D eigenvalue weighted by atomic mass is 16.2. The minimum absolute atomic E-state index is 0.0228. The summed E-state index contributed by atoms with van der Waals surface area (Å²) in [6.45, 7) is 5.06. The standard InChI is InChI=1S/C17H21N3O2/c1-12(2)10-19(13-7-8-13)17(22)11-20-15-6-4-3-5-14(15)18-9-16(20)21/h3-6,9,12-13H,7-8,10-11H2,1-2H3. The van der Waals surface area contributed by atoms with Gasteiger partial charge in [-0.25, -0.2) is 4.98 Å². The number of carbonyl (C=O) groups excluding carboxylic acids is 1. The SMILES string of the molecule is CC(C)CN(C(=O)Cn1c(=O)cnc2ccccc21)C1CC1. The van der Waals surface area contributed by atoms with Crippen molar-refractivity contribution in [2.45, 2.75) is 39.3 Å². The van der Waals surface area contributed by atoms with Crippen LogP contribution in [-0.2, 0) is 11.3 Å². The number of carbonyl (C=O) groups is 1. The lowest BCUT2D eigenvalue weighted by molar-refractivity contribution is -0.132. The Kier molecular flexibility index (Phi) is 3.96. The van der Waals surface area contributed by atoms with Crippen LogP contribution in [0.15, 0.2) is 35.3 Å². The number of amides is 1. The molecule has 0 unspecified atom stereocenters. The summed E-state index contributed by atoms with van der Waals surface area (Å²) in [7, 11) is 0. The van der Waals surface area contributed by atoms with E-state index in [1.54, 1.807) is 0 Å². The van der Waals surface area contributed by atoms with Crippen molar-refractivity contribution in [3.8, 4) is 0 Å². The molecule has 1 aliphatic rings. The van der Waals surface area contributed by atoms with Crippen molar-refractivity contribution >= 4 is 16.9 Å². The molecule has 116 valence electrons. The fourth-order valence-electron chi connectivity index (χ4n) is 2.74. The molecule has 3 rings (SSSR count). The predicted molar refractivity (Wildman–Crippen MR) is 85.6 cm³/mol. The third-order valence-corrected chi connectivity index (χ3v) is 3.92. The summed E-state index contributed by atoms with van der Waals surface area (Å²) >= 11 is 0. The molecule has 0 saturated heterocycles. The van der Waals surface area contributed by atoms with Crippen LogP contribution in [-0.4, -0.2) is 32.9 Å². The largest absolute Gasteiger partial charge is 0.338 e. The second-order valence-electron chi connectivity index (χ2n) is 6.34. The Morgan fingerprint density at radius 2 is 2.09 bits per heavy atom. The molecule has 0 spiro atoms. The minimum Gasteiger partial charge on any atom is -0.338 e. The molecule has 0 bridgehead atoms. The van der Waals surface area contributed by atoms with E-state index in [-0.39, 0.29) is 18.0 Å². The zero-order chi connectivity index (χ0) is 15.7. The molecule has 0 atom stereocenters. The number of rotatable bonds is 5. The molecular formula is C17H21N3O2. The molecule has 1 aromatic carbocycles. The van der Waals surface area contributed by atoms with Gasteiger partial charge in [0.25, 0.3) is 5.56 Å². The molecule has 1 heterocycles. The molecule has 0 aliphatic heterocycles. The van der Waals surface area contributed by atoms with E-state index < -0.39 is 0 Å². The van der Waals surface area contributed by atoms with Crippen molar-refractivity contribution in [3.63, 3.8) is 0 Å². The number of aromatic nitrogens is 2. The summed E-state index contributed by atoms with van der Waals surface area (Å²) in [5, 5.41) is 0. The van der Waals surface area contributed by atoms with E-state index >= 15 is 0 Å². The monoisotopic (exact) mass is 299 g/mol. The molecular weight excluding hydrogens is 278 g/mol. The van der Waals surface area contributed by atoms with Crippen LogP contribution in [0.1, 0.15) is 26.7 Å². The van der Waals surface area contributed by atoms with Gasteiger partial charge in [0.05, 0.1) is 17.2 Å². The second kappa shape index (κ2) is 5.91. The van der Waals surface area contributed by atoms with E-state index in [4.69, 9.17) is 0 Å². The smallest absolute Gasteiger partial charge is 0.269 e. The Balaban J connectivity index is 1.90. The van der Waals surface area contributed by atoms with Crippen molar-refractivity contribution in [2.75, 3.05) is 6.54 Å². The highest BCUT2D eigenvalue weighted by molar-refractivity contribution is 5.80. The van der Waals surface area contributed by atoms with Gasteiger partial charge >= 0.3 is 0 Å². The summed E-state index contributed by atoms with van der Waals surface area (Å²) < 4.78 is 1.53. The molecule has 1 aliphatic carbocycles. The summed E-state index contributed by atoms with van der Waals surface area (Å²) in [5.41, 5.74) is 1.22. The molecule has 1 fully saturated rings. The predicted octanol–water partition coefficient (Wildman–Crippen LogP) is 2.04. The van der Waals surface area contributed by atoms with Gasteiger partial charge in [0.15, 0.2) is 0 Å². The Morgan fingerprint density at radius 3 is 2.77 bits per heavy atom. The van der Waals surface area contributed by atoms with Gasteiger partial charge in [-0.2, -0.15) is 0 Å². The third kappa shape index (κ3) is 3.03. The molecule has 5 nitrogen and oxygen atoms in total. The number of benzene rings is 1. The second-order valence-corrected chi connectivity index (χ2v) is 6.34. The Morgan fingerprint density at radius 1 is 1.36 bits per heavy atom. The zero-order valence-electron chi connectivity index (χ0n) is 13.0. The van der Waals surface area contributed by atoms with Gasteiger partial charge in [-0.05, 0) is 30.9 Å². The molecule has 1 saturated carbocycles. The average Bonchev–Trinajstić information content (AvgIpc) is 3.32. The van der Waals surface area contributed by atoms with Crippen LogP contribution >= 0.6 is 0 Å². The fraction of sp³-hybridized carbons (Fsp3) is 0.471. The lowest BCUT2D eigenvalue weighted by atomic mass is 10.2. The Hall–Kier alpha value is -2.17. The number of para-hydroxylation sites is 2. The van der Waals surface area contributed by atoms with Crippen molar-refractivity contribution in [1.82, 2.24) is 14.5 Å². The number of hydrogen-bond acceptors (Lipinski definition) is 3. The van der Waals surface area contributed by atoms with Crippen molar-refractivity contribution < 1.29 is 4.79 Å². The first-order valence-electron chi connectivity index (χ1n) is 7.80. The van der Waals surface area contributed by atoms with Crippen molar-refractivity contribution in [1.29, 1.82) is 0 Å². The van der Waals surface area contributed by atoms with E-state index in [2.05, 4.69) is 18.8 Å². The van der Waals surface area contributed by atoms with Gasteiger partial charge in [-0.3, -0.25) is 14.2 Å². The van der Waals surface area contributed by atoms with Gasteiger partial charge in [-0.15, -0.1) is 0 Å². The molecule has 5 heteroatoms. The average molecular weight is 299 g/mol. The van der Waals surface area contributed by atoms with Crippen LogP contribution < -0.4 is 5.56 Å². The van der Waals surface area contributed by atoms with Gasteiger partial charge in [-0.1, -0.05) is 26.0 Å². The molecule has 1 aromatic heterocycles. The lowest BCUT2D eigenvalue weighted by Gasteiger charge is -2.25. The normalized spacial score (nSPS) is 14.5. The van der Waals surface area contributed by atoms with Crippen LogP contribution in [0.4, 0.5) is 0 Å². The number of nitrogens with zero attached hydrogens (tertiary/aromatic N) is 3. The Bertz CT molecular complexity index is 747. The zero-order valence-corrected chi connectivity index (χ0v) is 13.0. The van der Waals surface area contributed by atoms with Gasteiger partial charge in [0.1, 0.15) is 6.54 Å². The third-order valence-electron chi connectivity index (χ3n) is 3.92. The first kappa shape index (κ1) is 14.8. The summed E-state index contributed by atoms with van der Waals surface area (Å²) in [6, 6.07) is 7.78. The quantitative estimate of drug-likeness (QED) is 0.849.